The molecular weight excluding hydrogens is 430 g/mol. The van der Waals surface area contributed by atoms with E-state index in [2.05, 4.69) is 33.5 Å². The largest absolute Gasteiger partial charge is 0.493 e. The summed E-state index contributed by atoms with van der Waals surface area (Å²) in [6, 6.07) is 12.1. The van der Waals surface area contributed by atoms with Crippen LogP contribution in [-0.2, 0) is 11.3 Å². The third-order valence-electron chi connectivity index (χ3n) is 6.18. The standard InChI is InChI=1S/C26H25N5O3/c1-32-24-12-20(6-7-23(24)34-16-21-3-2-10-33-21)29-25-26-28-8-9-31(26)15-22(30-25)17-4-5-18-13-27-14-19(18)11-17/h4-9,11-13,15,21H,2-3,10,14,16H2,1H3,(H,29,30)/t21-/m1/s1. The maximum atomic E-state index is 5.97. The summed E-state index contributed by atoms with van der Waals surface area (Å²) in [5.74, 6) is 2.00. The number of nitrogens with one attached hydrogen (secondary N) is 1. The van der Waals surface area contributed by atoms with Crippen LogP contribution >= 0.6 is 0 Å². The van der Waals surface area contributed by atoms with Crippen LogP contribution in [0.5, 0.6) is 11.5 Å². The normalized spacial score (nSPS) is 16.7. The quantitative estimate of drug-likeness (QED) is 0.437. The van der Waals surface area contributed by atoms with Crippen LogP contribution in [0.2, 0.25) is 0 Å². The molecule has 1 N–H and O–H groups in total. The van der Waals surface area contributed by atoms with Crippen molar-refractivity contribution in [1.82, 2.24) is 14.4 Å². The molecule has 172 valence electrons. The summed E-state index contributed by atoms with van der Waals surface area (Å²) >= 11 is 0. The number of methoxy groups -OCH3 is 1. The molecule has 2 aliphatic heterocycles. The molecule has 4 aromatic rings. The van der Waals surface area contributed by atoms with Gasteiger partial charge in [0.1, 0.15) is 6.61 Å². The maximum Gasteiger partial charge on any atom is 0.180 e. The molecule has 6 rings (SSSR count). The SMILES string of the molecule is COc1cc(Nc2nc(-c3ccc4c(c3)CN=C4)cn3ccnc23)ccc1OC[C@H]1CCCO1. The molecule has 8 nitrogen and oxygen atoms in total. The Bertz CT molecular complexity index is 1370. The number of benzene rings is 2. The van der Waals surface area contributed by atoms with Crippen molar-refractivity contribution >= 4 is 23.4 Å². The number of fused-ring (bicyclic) bond motifs is 2. The second kappa shape index (κ2) is 8.79. The summed E-state index contributed by atoms with van der Waals surface area (Å²) in [6.45, 7) is 2.04. The Morgan fingerprint density at radius 3 is 3.03 bits per heavy atom. The van der Waals surface area contributed by atoms with E-state index in [0.717, 1.165) is 42.0 Å². The molecule has 2 aromatic heterocycles. The summed E-state index contributed by atoms with van der Waals surface area (Å²) in [7, 11) is 1.64. The summed E-state index contributed by atoms with van der Waals surface area (Å²) in [4.78, 5) is 13.8. The Balaban J connectivity index is 1.29. The zero-order chi connectivity index (χ0) is 22.9. The van der Waals surface area contributed by atoms with Crippen LogP contribution in [0.25, 0.3) is 16.9 Å². The first-order valence-corrected chi connectivity index (χ1v) is 11.4. The van der Waals surface area contributed by atoms with Crippen molar-refractivity contribution in [2.75, 3.05) is 25.6 Å². The van der Waals surface area contributed by atoms with E-state index in [1.165, 1.54) is 11.1 Å². The van der Waals surface area contributed by atoms with Gasteiger partial charge in [-0.15, -0.1) is 0 Å². The minimum absolute atomic E-state index is 0.147. The van der Waals surface area contributed by atoms with Gasteiger partial charge in [-0.3, -0.25) is 4.99 Å². The zero-order valence-corrected chi connectivity index (χ0v) is 18.9. The van der Waals surface area contributed by atoms with Gasteiger partial charge in [0.25, 0.3) is 0 Å². The molecule has 2 aromatic carbocycles. The molecule has 1 saturated heterocycles. The number of aliphatic imine (C=N–C) groups is 1. The van der Waals surface area contributed by atoms with Crippen LogP contribution in [0, 0.1) is 0 Å². The third kappa shape index (κ3) is 3.97. The van der Waals surface area contributed by atoms with E-state index < -0.39 is 0 Å². The van der Waals surface area contributed by atoms with Crippen molar-refractivity contribution in [2.24, 2.45) is 4.99 Å². The Morgan fingerprint density at radius 1 is 1.18 bits per heavy atom. The monoisotopic (exact) mass is 455 g/mol. The Kier molecular flexibility index (Phi) is 5.35. The minimum Gasteiger partial charge on any atom is -0.493 e. The molecule has 0 aliphatic carbocycles. The molecule has 0 bridgehead atoms. The van der Waals surface area contributed by atoms with Gasteiger partial charge in [0.2, 0.25) is 0 Å². The second-order valence-electron chi connectivity index (χ2n) is 8.45. The highest BCUT2D eigenvalue weighted by Gasteiger charge is 2.18. The van der Waals surface area contributed by atoms with Gasteiger partial charge < -0.3 is 23.9 Å². The second-order valence-corrected chi connectivity index (χ2v) is 8.45. The van der Waals surface area contributed by atoms with Gasteiger partial charge in [-0.2, -0.15) is 0 Å². The summed E-state index contributed by atoms with van der Waals surface area (Å²) < 4.78 is 19.2. The fraction of sp³-hybridized carbons (Fsp3) is 0.269. The molecule has 8 heteroatoms. The Hall–Kier alpha value is -3.91. The molecule has 0 unspecified atom stereocenters. The predicted octanol–water partition coefficient (Wildman–Crippen LogP) is 4.64. The number of imidazole rings is 1. The van der Waals surface area contributed by atoms with Gasteiger partial charge in [0.05, 0.1) is 25.5 Å². The van der Waals surface area contributed by atoms with E-state index in [1.807, 2.05) is 41.2 Å². The fourth-order valence-corrected chi connectivity index (χ4v) is 4.38. The lowest BCUT2D eigenvalue weighted by atomic mass is 10.0. The van der Waals surface area contributed by atoms with Gasteiger partial charge in [0.15, 0.2) is 23.0 Å². The average molecular weight is 456 g/mol. The van der Waals surface area contributed by atoms with E-state index in [9.17, 15) is 0 Å². The number of ether oxygens (including phenoxy) is 3. The lowest BCUT2D eigenvalue weighted by Crippen LogP contribution is -2.16. The van der Waals surface area contributed by atoms with E-state index in [1.54, 1.807) is 13.3 Å². The predicted molar refractivity (Wildman–Crippen MR) is 130 cm³/mol. The number of anilines is 2. The van der Waals surface area contributed by atoms with E-state index >= 15 is 0 Å². The highest BCUT2D eigenvalue weighted by atomic mass is 16.5. The first-order valence-electron chi connectivity index (χ1n) is 11.4. The molecule has 0 saturated carbocycles. The molecule has 2 aliphatic rings. The summed E-state index contributed by atoms with van der Waals surface area (Å²) in [5.41, 5.74) is 5.84. The first kappa shape index (κ1) is 20.7. The van der Waals surface area contributed by atoms with Gasteiger partial charge >= 0.3 is 0 Å². The third-order valence-corrected chi connectivity index (χ3v) is 6.18. The van der Waals surface area contributed by atoms with Crippen LogP contribution in [0.15, 0.2) is 60.0 Å². The number of rotatable bonds is 7. The lowest BCUT2D eigenvalue weighted by molar-refractivity contribution is 0.0670. The summed E-state index contributed by atoms with van der Waals surface area (Å²) in [6.07, 6.45) is 9.86. The highest BCUT2D eigenvalue weighted by Crippen LogP contribution is 2.33. The van der Waals surface area contributed by atoms with Gasteiger partial charge in [0, 0.05) is 48.7 Å². The van der Waals surface area contributed by atoms with Crippen LogP contribution in [-0.4, -0.2) is 47.0 Å². The van der Waals surface area contributed by atoms with Crippen LogP contribution in [0.4, 0.5) is 11.5 Å². The molecule has 4 heterocycles. The van der Waals surface area contributed by atoms with E-state index in [-0.39, 0.29) is 6.10 Å². The highest BCUT2D eigenvalue weighted by molar-refractivity contribution is 5.86. The van der Waals surface area contributed by atoms with Crippen molar-refractivity contribution in [1.29, 1.82) is 0 Å². The average Bonchev–Trinajstić information content (AvgIpc) is 3.64. The van der Waals surface area contributed by atoms with E-state index in [0.29, 0.717) is 30.5 Å². The number of aromatic nitrogens is 3. The van der Waals surface area contributed by atoms with Crippen molar-refractivity contribution in [2.45, 2.75) is 25.5 Å². The van der Waals surface area contributed by atoms with Crippen LogP contribution in [0.3, 0.4) is 0 Å². The smallest absolute Gasteiger partial charge is 0.180 e. The molecule has 0 spiro atoms. The van der Waals surface area contributed by atoms with Gasteiger partial charge in [-0.05, 0) is 42.2 Å². The number of nitrogens with zero attached hydrogens (tertiary/aromatic N) is 4. The van der Waals surface area contributed by atoms with Gasteiger partial charge in [-0.1, -0.05) is 12.1 Å². The molecular formula is C26H25N5O3. The lowest BCUT2D eigenvalue weighted by Gasteiger charge is -2.16. The molecule has 0 radical (unpaired) electrons. The van der Waals surface area contributed by atoms with Crippen molar-refractivity contribution in [3.63, 3.8) is 0 Å². The first-order chi connectivity index (χ1) is 16.8. The maximum absolute atomic E-state index is 5.97. The molecule has 1 atom stereocenters. The van der Waals surface area contributed by atoms with Crippen molar-refractivity contribution in [3.05, 3.63) is 66.1 Å². The van der Waals surface area contributed by atoms with Crippen molar-refractivity contribution in [3.8, 4) is 22.8 Å². The van der Waals surface area contributed by atoms with Crippen molar-refractivity contribution < 1.29 is 14.2 Å². The van der Waals surface area contributed by atoms with Gasteiger partial charge in [-0.25, -0.2) is 9.97 Å². The topological polar surface area (TPSA) is 82.3 Å². The Morgan fingerprint density at radius 2 is 2.15 bits per heavy atom. The molecule has 34 heavy (non-hydrogen) atoms. The number of hydrogen-bond acceptors (Lipinski definition) is 7. The summed E-state index contributed by atoms with van der Waals surface area (Å²) in [5, 5.41) is 3.42. The molecule has 0 amide bonds. The minimum atomic E-state index is 0.147. The van der Waals surface area contributed by atoms with Crippen LogP contribution in [0.1, 0.15) is 24.0 Å². The Labute approximate surface area is 197 Å². The zero-order valence-electron chi connectivity index (χ0n) is 18.9. The fourth-order valence-electron chi connectivity index (χ4n) is 4.38. The number of hydrogen-bond donors (Lipinski definition) is 1. The van der Waals surface area contributed by atoms with Crippen LogP contribution < -0.4 is 14.8 Å². The molecule has 1 fully saturated rings. The van der Waals surface area contributed by atoms with E-state index in [4.69, 9.17) is 19.2 Å².